The zero-order valence-corrected chi connectivity index (χ0v) is 17.0. The average molecular weight is 403 g/mol. The van der Waals surface area contributed by atoms with Crippen LogP contribution in [0.5, 0.6) is 0 Å². The van der Waals surface area contributed by atoms with Crippen LogP contribution in [0.25, 0.3) is 22.6 Å². The van der Waals surface area contributed by atoms with E-state index in [1.54, 1.807) is 18.6 Å². The van der Waals surface area contributed by atoms with Crippen molar-refractivity contribution in [2.24, 2.45) is 0 Å². The highest BCUT2D eigenvalue weighted by atomic mass is 15.2. The van der Waals surface area contributed by atoms with Gasteiger partial charge in [-0.2, -0.15) is 5.10 Å². The maximum absolute atomic E-state index is 4.90. The number of aromatic nitrogens is 5. The summed E-state index contributed by atoms with van der Waals surface area (Å²) in [6.07, 6.45) is 12.7. The van der Waals surface area contributed by atoms with Gasteiger partial charge in [0.15, 0.2) is 0 Å². The molecule has 1 N–H and O–H groups in total. The van der Waals surface area contributed by atoms with Crippen molar-refractivity contribution in [1.29, 1.82) is 0 Å². The van der Waals surface area contributed by atoms with E-state index >= 15 is 0 Å². The Kier molecular flexibility index (Phi) is 5.48. The zero-order valence-electron chi connectivity index (χ0n) is 17.0. The van der Waals surface area contributed by atoms with E-state index in [0.29, 0.717) is 0 Å². The number of anilines is 2. The Hall–Kier alpha value is -3.13. The molecule has 8 nitrogen and oxygen atoms in total. The lowest BCUT2D eigenvalue weighted by Gasteiger charge is -2.37. The summed E-state index contributed by atoms with van der Waals surface area (Å²) in [5.41, 5.74) is 5.76. The number of nitrogens with one attached hydrogen (secondary N) is 1. The number of pyridine rings is 1. The fraction of sp³-hybridized carbons (Fsp3) is 0.409. The molecule has 3 aromatic rings. The molecular formula is C22H26N8. The van der Waals surface area contributed by atoms with Crippen molar-refractivity contribution < 1.29 is 0 Å². The molecule has 0 atom stereocenters. The third-order valence-electron chi connectivity index (χ3n) is 5.80. The van der Waals surface area contributed by atoms with E-state index in [1.165, 1.54) is 30.6 Å². The van der Waals surface area contributed by atoms with Crippen molar-refractivity contribution in [3.05, 3.63) is 43.1 Å². The molecule has 8 heteroatoms. The van der Waals surface area contributed by atoms with E-state index in [1.807, 2.05) is 24.5 Å². The molecule has 0 spiro atoms. The Morgan fingerprint density at radius 1 is 0.800 bits per heavy atom. The minimum atomic E-state index is 0.753. The van der Waals surface area contributed by atoms with E-state index < -0.39 is 0 Å². The van der Waals surface area contributed by atoms with Crippen molar-refractivity contribution >= 4 is 11.4 Å². The normalized spacial score (nSPS) is 17.2. The summed E-state index contributed by atoms with van der Waals surface area (Å²) in [5, 5.41) is 11.9. The Balaban J connectivity index is 1.75. The predicted octanol–water partition coefficient (Wildman–Crippen LogP) is 2.40. The van der Waals surface area contributed by atoms with Crippen LogP contribution in [0.1, 0.15) is 19.3 Å². The van der Waals surface area contributed by atoms with Crippen LogP contribution in [0.15, 0.2) is 43.1 Å². The lowest BCUT2D eigenvalue weighted by Crippen LogP contribution is -2.44. The number of nitrogens with zero attached hydrogens (tertiary/aromatic N) is 7. The Bertz CT molecular complexity index is 967. The number of rotatable bonds is 4. The molecule has 0 saturated carbocycles. The van der Waals surface area contributed by atoms with Gasteiger partial charge >= 0.3 is 0 Å². The van der Waals surface area contributed by atoms with Gasteiger partial charge in [0.25, 0.3) is 0 Å². The summed E-state index contributed by atoms with van der Waals surface area (Å²) in [7, 11) is 0. The lowest BCUT2D eigenvalue weighted by atomic mass is 10.0. The second-order valence-corrected chi connectivity index (χ2v) is 7.70. The van der Waals surface area contributed by atoms with Gasteiger partial charge in [-0.3, -0.25) is 15.0 Å². The highest BCUT2D eigenvalue weighted by Gasteiger charge is 2.27. The van der Waals surface area contributed by atoms with Crippen molar-refractivity contribution in [3.63, 3.8) is 0 Å². The fourth-order valence-corrected chi connectivity index (χ4v) is 4.36. The predicted molar refractivity (Wildman–Crippen MR) is 117 cm³/mol. The first-order chi connectivity index (χ1) is 14.9. The molecule has 2 fully saturated rings. The highest BCUT2D eigenvalue weighted by molar-refractivity contribution is 5.94. The summed E-state index contributed by atoms with van der Waals surface area (Å²) in [6, 6.07) is 3.86. The van der Waals surface area contributed by atoms with Gasteiger partial charge < -0.3 is 15.1 Å². The minimum Gasteiger partial charge on any atom is -0.369 e. The van der Waals surface area contributed by atoms with Crippen LogP contribution < -0.4 is 15.1 Å². The molecule has 5 rings (SSSR count). The molecule has 154 valence electrons. The second-order valence-electron chi connectivity index (χ2n) is 7.70. The van der Waals surface area contributed by atoms with Crippen LogP contribution in [0.2, 0.25) is 0 Å². The molecule has 2 saturated heterocycles. The van der Waals surface area contributed by atoms with E-state index in [4.69, 9.17) is 4.98 Å². The van der Waals surface area contributed by atoms with Crippen molar-refractivity contribution in [2.45, 2.75) is 19.3 Å². The van der Waals surface area contributed by atoms with Crippen LogP contribution in [0.3, 0.4) is 0 Å². The quantitative estimate of drug-likeness (QED) is 0.712. The van der Waals surface area contributed by atoms with Crippen LogP contribution in [0.4, 0.5) is 11.4 Å². The van der Waals surface area contributed by atoms with Crippen molar-refractivity contribution in [2.75, 3.05) is 49.1 Å². The zero-order chi connectivity index (χ0) is 20.2. The summed E-state index contributed by atoms with van der Waals surface area (Å²) < 4.78 is 0. The Morgan fingerprint density at radius 2 is 1.67 bits per heavy atom. The van der Waals surface area contributed by atoms with Gasteiger partial charge in [0.2, 0.25) is 0 Å². The summed E-state index contributed by atoms with van der Waals surface area (Å²) in [4.78, 5) is 18.9. The van der Waals surface area contributed by atoms with Crippen molar-refractivity contribution in [1.82, 2.24) is 30.5 Å². The molecule has 0 amide bonds. The first-order valence-electron chi connectivity index (χ1n) is 10.7. The molecule has 30 heavy (non-hydrogen) atoms. The maximum Gasteiger partial charge on any atom is 0.112 e. The molecule has 0 aromatic carbocycles. The second kappa shape index (κ2) is 8.71. The molecule has 0 radical (unpaired) electrons. The van der Waals surface area contributed by atoms with Gasteiger partial charge in [-0.05, 0) is 31.4 Å². The fourth-order valence-electron chi connectivity index (χ4n) is 4.36. The first kappa shape index (κ1) is 18.9. The molecule has 0 bridgehead atoms. The molecule has 0 unspecified atom stereocenters. The van der Waals surface area contributed by atoms with Gasteiger partial charge in [-0.15, -0.1) is 5.10 Å². The lowest BCUT2D eigenvalue weighted by molar-refractivity contribution is 0.570. The van der Waals surface area contributed by atoms with E-state index in [9.17, 15) is 0 Å². The molecule has 2 aliphatic heterocycles. The van der Waals surface area contributed by atoms with E-state index in [2.05, 4.69) is 35.3 Å². The van der Waals surface area contributed by atoms with Gasteiger partial charge in [-0.25, -0.2) is 0 Å². The standard InChI is InChI=1S/C22H26N8/c1-2-11-30(12-3-1)22-19(29-13-9-23-10-14-29)16-26-21(17-5-4-6-27-28-17)20(22)18-15-24-7-8-25-18/h4-8,15-16,23H,1-3,9-14H2. The van der Waals surface area contributed by atoms with E-state index in [-0.39, 0.29) is 0 Å². The van der Waals surface area contributed by atoms with Crippen LogP contribution in [-0.2, 0) is 0 Å². The third kappa shape index (κ3) is 3.70. The van der Waals surface area contributed by atoms with Crippen LogP contribution in [-0.4, -0.2) is 64.4 Å². The van der Waals surface area contributed by atoms with Gasteiger partial charge in [0, 0.05) is 57.9 Å². The number of hydrogen-bond acceptors (Lipinski definition) is 8. The maximum atomic E-state index is 4.90. The first-order valence-corrected chi connectivity index (χ1v) is 10.7. The molecular weight excluding hydrogens is 376 g/mol. The highest BCUT2D eigenvalue weighted by Crippen LogP contribution is 2.43. The monoisotopic (exact) mass is 402 g/mol. The average Bonchev–Trinajstić information content (AvgIpc) is 2.85. The smallest absolute Gasteiger partial charge is 0.112 e. The van der Waals surface area contributed by atoms with Gasteiger partial charge in [0.1, 0.15) is 11.4 Å². The van der Waals surface area contributed by atoms with Crippen molar-refractivity contribution in [3.8, 4) is 22.6 Å². The van der Waals surface area contributed by atoms with E-state index in [0.717, 1.165) is 61.9 Å². The number of piperidine rings is 1. The molecule has 2 aliphatic rings. The third-order valence-corrected chi connectivity index (χ3v) is 5.80. The van der Waals surface area contributed by atoms with Crippen LogP contribution >= 0.6 is 0 Å². The minimum absolute atomic E-state index is 0.753. The van der Waals surface area contributed by atoms with Gasteiger partial charge in [-0.1, -0.05) is 0 Å². The van der Waals surface area contributed by atoms with Crippen LogP contribution in [0, 0.1) is 0 Å². The molecule has 0 aliphatic carbocycles. The topological polar surface area (TPSA) is 83.0 Å². The Labute approximate surface area is 176 Å². The number of hydrogen-bond donors (Lipinski definition) is 1. The largest absolute Gasteiger partial charge is 0.369 e. The molecule has 3 aromatic heterocycles. The number of piperazine rings is 1. The SMILES string of the molecule is c1cnnc(-c2ncc(N3CCNCC3)c(N3CCCCC3)c2-c2cnccn2)c1. The summed E-state index contributed by atoms with van der Waals surface area (Å²) in [5.74, 6) is 0. The Morgan fingerprint density at radius 3 is 2.40 bits per heavy atom. The molecule has 5 heterocycles. The van der Waals surface area contributed by atoms with Gasteiger partial charge in [0.05, 0.1) is 35.0 Å². The summed E-state index contributed by atoms with van der Waals surface area (Å²) >= 11 is 0. The summed E-state index contributed by atoms with van der Waals surface area (Å²) in [6.45, 7) is 5.96.